The highest BCUT2D eigenvalue weighted by Gasteiger charge is 2.25. The Labute approximate surface area is 196 Å². The molecule has 0 radical (unpaired) electrons. The number of methoxy groups -OCH3 is 1. The molecule has 32 heavy (non-hydrogen) atoms. The van der Waals surface area contributed by atoms with Crippen LogP contribution < -0.4 is 9.47 Å². The molecular formula is C21H17IN2O8. The van der Waals surface area contributed by atoms with Crippen molar-refractivity contribution in [3.8, 4) is 11.5 Å². The van der Waals surface area contributed by atoms with Crippen LogP contribution in [-0.4, -0.2) is 43.1 Å². The van der Waals surface area contributed by atoms with Gasteiger partial charge in [-0.3, -0.25) is 10.1 Å². The summed E-state index contributed by atoms with van der Waals surface area (Å²) >= 11 is 2.02. The Morgan fingerprint density at radius 3 is 2.75 bits per heavy atom. The molecule has 1 aliphatic heterocycles. The summed E-state index contributed by atoms with van der Waals surface area (Å²) in [4.78, 5) is 38.3. The van der Waals surface area contributed by atoms with Crippen LogP contribution in [0.3, 0.4) is 0 Å². The van der Waals surface area contributed by atoms with Crippen LogP contribution in [0.1, 0.15) is 18.1 Å². The Bertz CT molecular complexity index is 1140. The second-order valence-corrected chi connectivity index (χ2v) is 7.43. The van der Waals surface area contributed by atoms with Crippen LogP contribution in [0.4, 0.5) is 5.69 Å². The van der Waals surface area contributed by atoms with E-state index in [9.17, 15) is 19.7 Å². The van der Waals surface area contributed by atoms with Crippen molar-refractivity contribution in [1.29, 1.82) is 0 Å². The molecular weight excluding hydrogens is 535 g/mol. The van der Waals surface area contributed by atoms with Gasteiger partial charge in [0.05, 0.1) is 22.2 Å². The van der Waals surface area contributed by atoms with Crippen LogP contribution in [0.15, 0.2) is 47.1 Å². The molecule has 0 bridgehead atoms. The van der Waals surface area contributed by atoms with Gasteiger partial charge in [-0.25, -0.2) is 14.6 Å². The van der Waals surface area contributed by atoms with E-state index < -0.39 is 16.9 Å². The number of aliphatic imine (C=N–C) groups is 1. The van der Waals surface area contributed by atoms with Gasteiger partial charge in [-0.1, -0.05) is 6.07 Å². The Kier molecular flexibility index (Phi) is 7.41. The fourth-order valence-corrected chi connectivity index (χ4v) is 3.49. The van der Waals surface area contributed by atoms with Gasteiger partial charge in [-0.05, 0) is 59.4 Å². The minimum absolute atomic E-state index is 0.0213. The average molecular weight is 552 g/mol. The lowest BCUT2D eigenvalue weighted by atomic mass is 10.1. The summed E-state index contributed by atoms with van der Waals surface area (Å²) in [6, 6.07) is 9.01. The highest BCUT2D eigenvalue weighted by Crippen LogP contribution is 2.35. The largest absolute Gasteiger partial charge is 0.490 e. The van der Waals surface area contributed by atoms with E-state index in [1.54, 1.807) is 25.1 Å². The van der Waals surface area contributed by atoms with Crippen molar-refractivity contribution < 1.29 is 33.5 Å². The van der Waals surface area contributed by atoms with Crippen molar-refractivity contribution in [3.05, 3.63) is 66.9 Å². The number of benzene rings is 2. The molecule has 0 aliphatic carbocycles. The van der Waals surface area contributed by atoms with Crippen molar-refractivity contribution in [2.24, 2.45) is 4.99 Å². The van der Waals surface area contributed by atoms with E-state index in [4.69, 9.17) is 14.2 Å². The van der Waals surface area contributed by atoms with Gasteiger partial charge in [-0.15, -0.1) is 0 Å². The third-order valence-corrected chi connectivity index (χ3v) is 4.92. The molecule has 166 valence electrons. The van der Waals surface area contributed by atoms with Crippen LogP contribution in [0.2, 0.25) is 0 Å². The molecule has 0 aromatic heterocycles. The molecule has 0 fully saturated rings. The summed E-state index contributed by atoms with van der Waals surface area (Å²) in [5, 5.41) is 11.0. The van der Waals surface area contributed by atoms with Gasteiger partial charge in [0.2, 0.25) is 5.90 Å². The molecule has 11 heteroatoms. The normalized spacial score (nSPS) is 14.0. The summed E-state index contributed by atoms with van der Waals surface area (Å²) in [5.41, 5.74) is 0.775. The lowest BCUT2D eigenvalue weighted by molar-refractivity contribution is -0.384. The van der Waals surface area contributed by atoms with E-state index in [-0.39, 0.29) is 23.9 Å². The molecule has 1 heterocycles. The van der Waals surface area contributed by atoms with Crippen LogP contribution in [0.25, 0.3) is 6.08 Å². The Morgan fingerprint density at radius 2 is 2.06 bits per heavy atom. The van der Waals surface area contributed by atoms with Gasteiger partial charge in [0, 0.05) is 17.7 Å². The van der Waals surface area contributed by atoms with E-state index in [0.717, 1.165) is 0 Å². The van der Waals surface area contributed by atoms with E-state index in [2.05, 4.69) is 9.73 Å². The molecule has 0 N–H and O–H groups in total. The highest BCUT2D eigenvalue weighted by molar-refractivity contribution is 14.1. The predicted molar refractivity (Wildman–Crippen MR) is 122 cm³/mol. The third kappa shape index (κ3) is 5.41. The van der Waals surface area contributed by atoms with Gasteiger partial charge in [0.15, 0.2) is 23.8 Å². The average Bonchev–Trinajstić information content (AvgIpc) is 3.13. The lowest BCUT2D eigenvalue weighted by Crippen LogP contribution is -2.14. The van der Waals surface area contributed by atoms with E-state index in [1.165, 1.54) is 31.4 Å². The van der Waals surface area contributed by atoms with Gasteiger partial charge in [-0.2, -0.15) is 0 Å². The first-order valence-corrected chi connectivity index (χ1v) is 10.3. The summed E-state index contributed by atoms with van der Waals surface area (Å²) in [6.45, 7) is 1.87. The number of hydrogen-bond acceptors (Lipinski definition) is 9. The number of esters is 2. The molecule has 1 aliphatic rings. The number of carbonyl (C=O) groups excluding carboxylic acids is 2. The number of carbonyl (C=O) groups is 2. The third-order valence-electron chi connectivity index (χ3n) is 4.12. The zero-order chi connectivity index (χ0) is 23.3. The number of hydrogen-bond donors (Lipinski definition) is 0. The Balaban J connectivity index is 1.93. The number of halogens is 1. The van der Waals surface area contributed by atoms with Crippen LogP contribution in [-0.2, 0) is 19.1 Å². The number of rotatable bonds is 8. The van der Waals surface area contributed by atoms with E-state index >= 15 is 0 Å². The summed E-state index contributed by atoms with van der Waals surface area (Å²) < 4.78 is 21.5. The molecule has 0 saturated carbocycles. The summed E-state index contributed by atoms with van der Waals surface area (Å²) in [6.07, 6.45) is 1.50. The number of nitro benzene ring substituents is 1. The lowest BCUT2D eigenvalue weighted by Gasteiger charge is -2.14. The smallest absolute Gasteiger partial charge is 0.363 e. The van der Waals surface area contributed by atoms with Crippen LogP contribution in [0.5, 0.6) is 11.5 Å². The number of nitro groups is 1. The maximum absolute atomic E-state index is 12.3. The topological polar surface area (TPSA) is 127 Å². The minimum atomic E-state index is -0.689. The van der Waals surface area contributed by atoms with Gasteiger partial charge >= 0.3 is 11.9 Å². The first kappa shape index (κ1) is 23.2. The molecule has 0 unspecified atom stereocenters. The number of cyclic esters (lactones) is 1. The number of nitrogens with zero attached hydrogens (tertiary/aromatic N) is 2. The maximum atomic E-state index is 12.3. The first-order valence-electron chi connectivity index (χ1n) is 9.25. The predicted octanol–water partition coefficient (Wildman–Crippen LogP) is 3.49. The zero-order valence-corrected chi connectivity index (χ0v) is 19.2. The van der Waals surface area contributed by atoms with Crippen molar-refractivity contribution in [2.45, 2.75) is 6.92 Å². The van der Waals surface area contributed by atoms with Crippen molar-refractivity contribution in [2.75, 3.05) is 20.3 Å². The van der Waals surface area contributed by atoms with Gasteiger partial charge in [0.25, 0.3) is 5.69 Å². The van der Waals surface area contributed by atoms with E-state index in [1.807, 2.05) is 22.6 Å². The van der Waals surface area contributed by atoms with Crippen molar-refractivity contribution >= 4 is 52.2 Å². The molecule has 2 aromatic carbocycles. The summed E-state index contributed by atoms with van der Waals surface area (Å²) in [7, 11) is 1.26. The van der Waals surface area contributed by atoms with Crippen LogP contribution in [0, 0.1) is 13.7 Å². The fourth-order valence-electron chi connectivity index (χ4n) is 2.71. The maximum Gasteiger partial charge on any atom is 0.363 e. The standard InChI is InChI=1S/C21H17IN2O8/c1-3-30-17-9-12(7-15(22)19(17)31-11-18(25)29-2)8-16-21(26)32-20(23-16)13-5-4-6-14(10-13)24(27)28/h4-10H,3,11H2,1-2H3/b16-8-. The Hall–Kier alpha value is -3.48. The molecule has 10 nitrogen and oxygen atoms in total. The SMILES string of the molecule is CCOc1cc(/C=C2\N=C(c3cccc([N+](=O)[O-])c3)OC2=O)cc(I)c1OCC(=O)OC. The molecule has 0 amide bonds. The van der Waals surface area contributed by atoms with Crippen molar-refractivity contribution in [3.63, 3.8) is 0 Å². The van der Waals surface area contributed by atoms with Crippen molar-refractivity contribution in [1.82, 2.24) is 0 Å². The molecule has 3 rings (SSSR count). The Morgan fingerprint density at radius 1 is 1.28 bits per heavy atom. The summed E-state index contributed by atoms with van der Waals surface area (Å²) in [5.74, 6) is -0.501. The molecule has 0 spiro atoms. The fraction of sp³-hybridized carbons (Fsp3) is 0.190. The van der Waals surface area contributed by atoms with Crippen LogP contribution >= 0.6 is 22.6 Å². The molecule has 0 atom stereocenters. The second kappa shape index (κ2) is 10.2. The monoisotopic (exact) mass is 552 g/mol. The quantitative estimate of drug-likeness (QED) is 0.160. The van der Waals surface area contributed by atoms with Gasteiger partial charge < -0.3 is 18.9 Å². The zero-order valence-electron chi connectivity index (χ0n) is 17.0. The van der Waals surface area contributed by atoms with E-state index in [0.29, 0.717) is 32.8 Å². The second-order valence-electron chi connectivity index (χ2n) is 6.27. The molecule has 0 saturated heterocycles. The van der Waals surface area contributed by atoms with Gasteiger partial charge in [0.1, 0.15) is 0 Å². The highest BCUT2D eigenvalue weighted by atomic mass is 127. The minimum Gasteiger partial charge on any atom is -0.490 e. The number of ether oxygens (including phenoxy) is 4. The number of non-ortho nitro benzene ring substituents is 1. The first-order chi connectivity index (χ1) is 15.3. The molecule has 2 aromatic rings.